The van der Waals surface area contributed by atoms with E-state index in [-0.39, 0.29) is 5.91 Å². The van der Waals surface area contributed by atoms with Gasteiger partial charge in [0.05, 0.1) is 16.8 Å². The van der Waals surface area contributed by atoms with Crippen LogP contribution in [-0.2, 0) is 32.4 Å². The van der Waals surface area contributed by atoms with E-state index in [1.807, 2.05) is 36.6 Å². The Balaban J connectivity index is 1.36. The van der Waals surface area contributed by atoms with E-state index in [1.54, 1.807) is 18.0 Å². The SMILES string of the molecule is CSc1cccc(CNC(=O)c2cnc3c(c2)CN(Cc2ccc(C(F)(F)F)cc2)C3)c1. The van der Waals surface area contributed by atoms with Crippen molar-refractivity contribution in [2.75, 3.05) is 6.26 Å². The summed E-state index contributed by atoms with van der Waals surface area (Å²) in [6, 6.07) is 15.1. The fourth-order valence-corrected chi connectivity index (χ4v) is 4.17. The Bertz CT molecular complexity index is 1120. The van der Waals surface area contributed by atoms with Crippen molar-refractivity contribution < 1.29 is 18.0 Å². The van der Waals surface area contributed by atoms with E-state index in [2.05, 4.69) is 15.2 Å². The number of pyridine rings is 1. The second-order valence-electron chi connectivity index (χ2n) is 7.70. The molecule has 0 fully saturated rings. The summed E-state index contributed by atoms with van der Waals surface area (Å²) in [7, 11) is 0. The third kappa shape index (κ3) is 5.31. The van der Waals surface area contributed by atoms with Gasteiger partial charge in [0.25, 0.3) is 5.91 Å². The van der Waals surface area contributed by atoms with Gasteiger partial charge in [-0.15, -0.1) is 11.8 Å². The van der Waals surface area contributed by atoms with E-state index >= 15 is 0 Å². The lowest BCUT2D eigenvalue weighted by molar-refractivity contribution is -0.137. The van der Waals surface area contributed by atoms with Crippen molar-refractivity contribution in [3.8, 4) is 0 Å². The molecular weight excluding hydrogens is 435 g/mol. The van der Waals surface area contributed by atoms with Gasteiger partial charge in [-0.05, 0) is 53.3 Å². The summed E-state index contributed by atoms with van der Waals surface area (Å²) in [6.45, 7) is 2.14. The van der Waals surface area contributed by atoms with Crippen molar-refractivity contribution in [3.05, 3.63) is 94.3 Å². The normalized spacial score (nSPS) is 13.8. The minimum Gasteiger partial charge on any atom is -0.348 e. The molecule has 0 bridgehead atoms. The topological polar surface area (TPSA) is 45.2 Å². The van der Waals surface area contributed by atoms with E-state index < -0.39 is 11.7 Å². The number of nitrogens with zero attached hydrogens (tertiary/aromatic N) is 2. The van der Waals surface area contributed by atoms with E-state index in [1.165, 1.54) is 12.1 Å². The summed E-state index contributed by atoms with van der Waals surface area (Å²) in [4.78, 5) is 20.3. The van der Waals surface area contributed by atoms with Gasteiger partial charge in [-0.1, -0.05) is 24.3 Å². The summed E-state index contributed by atoms with van der Waals surface area (Å²) in [5, 5.41) is 2.93. The average molecular weight is 458 g/mol. The molecule has 0 spiro atoms. The van der Waals surface area contributed by atoms with Crippen molar-refractivity contribution in [1.29, 1.82) is 0 Å². The number of halogens is 3. The second kappa shape index (κ2) is 9.34. The molecule has 0 unspecified atom stereocenters. The van der Waals surface area contributed by atoms with E-state index in [4.69, 9.17) is 0 Å². The molecule has 2 aromatic carbocycles. The largest absolute Gasteiger partial charge is 0.416 e. The van der Waals surface area contributed by atoms with Crippen molar-refractivity contribution in [2.45, 2.75) is 37.3 Å². The van der Waals surface area contributed by atoms with E-state index in [9.17, 15) is 18.0 Å². The maximum atomic E-state index is 12.7. The molecular formula is C24H22F3N3OS. The molecule has 1 aromatic heterocycles. The molecule has 0 radical (unpaired) electrons. The first-order chi connectivity index (χ1) is 15.3. The van der Waals surface area contributed by atoms with Gasteiger partial charge in [0, 0.05) is 37.3 Å². The van der Waals surface area contributed by atoms with Crippen LogP contribution in [0.25, 0.3) is 0 Å². The zero-order valence-electron chi connectivity index (χ0n) is 17.4. The number of hydrogen-bond acceptors (Lipinski definition) is 4. The van der Waals surface area contributed by atoms with Crippen LogP contribution >= 0.6 is 11.8 Å². The number of nitrogens with one attached hydrogen (secondary N) is 1. The zero-order valence-corrected chi connectivity index (χ0v) is 18.3. The third-order valence-electron chi connectivity index (χ3n) is 5.36. The Labute approximate surface area is 188 Å². The van der Waals surface area contributed by atoms with Crippen LogP contribution in [0.3, 0.4) is 0 Å². The van der Waals surface area contributed by atoms with Crippen molar-refractivity contribution in [3.63, 3.8) is 0 Å². The quantitative estimate of drug-likeness (QED) is 0.513. The van der Waals surface area contributed by atoms with Gasteiger partial charge in [-0.3, -0.25) is 14.7 Å². The molecule has 2 heterocycles. The smallest absolute Gasteiger partial charge is 0.348 e. The number of amides is 1. The molecule has 0 saturated carbocycles. The molecule has 4 rings (SSSR count). The van der Waals surface area contributed by atoms with E-state index in [0.717, 1.165) is 39.4 Å². The third-order valence-corrected chi connectivity index (χ3v) is 6.09. The number of benzene rings is 2. The monoisotopic (exact) mass is 457 g/mol. The molecule has 1 aliphatic rings. The molecule has 8 heteroatoms. The number of thioether (sulfide) groups is 1. The van der Waals surface area contributed by atoms with Crippen molar-refractivity contribution in [1.82, 2.24) is 15.2 Å². The van der Waals surface area contributed by atoms with Crippen LogP contribution in [0, 0.1) is 0 Å². The lowest BCUT2D eigenvalue weighted by Gasteiger charge is -2.15. The number of carbonyl (C=O) groups is 1. The average Bonchev–Trinajstić information content (AvgIpc) is 3.18. The van der Waals surface area contributed by atoms with Gasteiger partial charge in [-0.2, -0.15) is 13.2 Å². The predicted octanol–water partition coefficient (Wildman–Crippen LogP) is 5.27. The standard InChI is InChI=1S/C24H22F3N3OS/c1-32-21-4-2-3-17(9-21)11-29-23(31)18-10-19-14-30(15-22(19)28-12-18)13-16-5-7-20(8-6-16)24(25,26)27/h2-10,12H,11,13-15H2,1H3,(H,29,31). The van der Waals surface area contributed by atoms with E-state index in [0.29, 0.717) is 31.7 Å². The molecule has 0 saturated heterocycles. The van der Waals surface area contributed by atoms with Gasteiger partial charge in [0.15, 0.2) is 0 Å². The maximum Gasteiger partial charge on any atom is 0.416 e. The fraction of sp³-hybridized carbons (Fsp3) is 0.250. The fourth-order valence-electron chi connectivity index (χ4n) is 3.69. The first-order valence-electron chi connectivity index (χ1n) is 10.1. The molecule has 1 N–H and O–H groups in total. The van der Waals surface area contributed by atoms with Crippen LogP contribution in [0.15, 0.2) is 65.7 Å². The van der Waals surface area contributed by atoms with Crippen LogP contribution in [0.2, 0.25) is 0 Å². The molecule has 1 amide bonds. The highest BCUT2D eigenvalue weighted by Gasteiger charge is 2.30. The molecule has 32 heavy (non-hydrogen) atoms. The highest BCUT2D eigenvalue weighted by molar-refractivity contribution is 7.98. The van der Waals surface area contributed by atoms with Crippen LogP contribution in [0.1, 0.15) is 38.3 Å². The van der Waals surface area contributed by atoms with Crippen LogP contribution in [0.5, 0.6) is 0 Å². The highest BCUT2D eigenvalue weighted by Crippen LogP contribution is 2.30. The predicted molar refractivity (Wildman–Crippen MR) is 118 cm³/mol. The van der Waals surface area contributed by atoms with Crippen LogP contribution in [0.4, 0.5) is 13.2 Å². The van der Waals surface area contributed by atoms with Crippen LogP contribution < -0.4 is 5.32 Å². The number of hydrogen-bond donors (Lipinski definition) is 1. The summed E-state index contributed by atoms with van der Waals surface area (Å²) in [5.74, 6) is -0.184. The first kappa shape index (κ1) is 22.4. The first-order valence-corrected chi connectivity index (χ1v) is 11.3. The molecule has 166 valence electrons. The van der Waals surface area contributed by atoms with Crippen molar-refractivity contribution >= 4 is 17.7 Å². The lowest BCUT2D eigenvalue weighted by Crippen LogP contribution is -2.23. The number of carbonyl (C=O) groups excluding carboxylic acids is 1. The minimum absolute atomic E-state index is 0.184. The maximum absolute atomic E-state index is 12.7. The van der Waals surface area contributed by atoms with Gasteiger partial charge in [0.2, 0.25) is 0 Å². The van der Waals surface area contributed by atoms with Gasteiger partial charge < -0.3 is 5.32 Å². The van der Waals surface area contributed by atoms with Gasteiger partial charge in [0.1, 0.15) is 0 Å². The molecule has 1 aliphatic heterocycles. The Hall–Kier alpha value is -2.84. The van der Waals surface area contributed by atoms with Gasteiger partial charge in [-0.25, -0.2) is 0 Å². The summed E-state index contributed by atoms with van der Waals surface area (Å²) in [6.07, 6.45) is -0.746. The molecule has 4 nitrogen and oxygen atoms in total. The van der Waals surface area contributed by atoms with Crippen molar-refractivity contribution in [2.24, 2.45) is 0 Å². The lowest BCUT2D eigenvalue weighted by atomic mass is 10.1. The Kier molecular flexibility index (Phi) is 6.53. The summed E-state index contributed by atoms with van der Waals surface area (Å²) >= 11 is 1.65. The molecule has 0 atom stereocenters. The number of fused-ring (bicyclic) bond motifs is 1. The molecule has 3 aromatic rings. The van der Waals surface area contributed by atoms with Crippen LogP contribution in [-0.4, -0.2) is 22.0 Å². The zero-order chi connectivity index (χ0) is 22.7. The summed E-state index contributed by atoms with van der Waals surface area (Å²) in [5.41, 5.74) is 3.54. The number of aromatic nitrogens is 1. The second-order valence-corrected chi connectivity index (χ2v) is 8.58. The Morgan fingerprint density at radius 3 is 2.59 bits per heavy atom. The minimum atomic E-state index is -4.33. The molecule has 0 aliphatic carbocycles. The number of alkyl halides is 3. The van der Waals surface area contributed by atoms with Gasteiger partial charge >= 0.3 is 6.18 Å². The Morgan fingerprint density at radius 2 is 1.88 bits per heavy atom. The number of rotatable bonds is 6. The summed E-state index contributed by atoms with van der Waals surface area (Å²) < 4.78 is 38.2. The highest BCUT2D eigenvalue weighted by atomic mass is 32.2. The Morgan fingerprint density at radius 1 is 1.09 bits per heavy atom.